The molecule has 1 aromatic carbocycles. The van der Waals surface area contributed by atoms with Crippen LogP contribution in [0.3, 0.4) is 0 Å². The van der Waals surface area contributed by atoms with Crippen molar-refractivity contribution >= 4 is 29.0 Å². The maximum atomic E-state index is 12.0. The van der Waals surface area contributed by atoms with Crippen LogP contribution in [-0.4, -0.2) is 36.2 Å². The fourth-order valence-electron chi connectivity index (χ4n) is 2.41. The predicted octanol–water partition coefficient (Wildman–Crippen LogP) is 2.58. The number of hydrogen-bond donors (Lipinski definition) is 1. The van der Waals surface area contributed by atoms with Crippen LogP contribution >= 0.6 is 11.6 Å². The Balaban J connectivity index is 1.85. The number of nitrogens with zero attached hydrogens (tertiary/aromatic N) is 1. The molecule has 4 nitrogen and oxygen atoms in total. The Labute approximate surface area is 124 Å². The normalized spacial score (nSPS) is 19.9. The van der Waals surface area contributed by atoms with Crippen LogP contribution in [0.25, 0.3) is 0 Å². The lowest BCUT2D eigenvalue weighted by Gasteiger charge is -2.30. The van der Waals surface area contributed by atoms with Crippen molar-refractivity contribution in [2.24, 2.45) is 5.92 Å². The first-order valence-corrected chi connectivity index (χ1v) is 7.26. The minimum Gasteiger partial charge on any atom is -0.325 e. The second kappa shape index (κ2) is 6.86. The van der Waals surface area contributed by atoms with Crippen LogP contribution < -0.4 is 5.32 Å². The highest BCUT2D eigenvalue weighted by Crippen LogP contribution is 2.16. The van der Waals surface area contributed by atoms with Gasteiger partial charge in [-0.05, 0) is 30.7 Å². The third kappa shape index (κ3) is 4.05. The largest absolute Gasteiger partial charge is 0.325 e. The molecule has 1 N–H and O–H groups in total. The molecule has 108 valence electrons. The van der Waals surface area contributed by atoms with E-state index in [0.29, 0.717) is 36.9 Å². The average Bonchev–Trinajstić information content (AvgIpc) is 2.43. The molecule has 20 heavy (non-hydrogen) atoms. The summed E-state index contributed by atoms with van der Waals surface area (Å²) in [6.45, 7) is 3.69. The minimum absolute atomic E-state index is 0.0588. The smallest absolute Gasteiger partial charge is 0.238 e. The summed E-state index contributed by atoms with van der Waals surface area (Å²) in [5.41, 5.74) is 0.736. The molecule has 0 aromatic heterocycles. The summed E-state index contributed by atoms with van der Waals surface area (Å²) >= 11 is 5.80. The molecule has 0 saturated carbocycles. The van der Waals surface area contributed by atoms with Crippen LogP contribution in [0.2, 0.25) is 5.02 Å². The fraction of sp³-hybridized carbons (Fsp3) is 0.467. The van der Waals surface area contributed by atoms with Crippen LogP contribution in [0.1, 0.15) is 19.8 Å². The number of nitrogens with one attached hydrogen (secondary N) is 1. The molecule has 1 aromatic rings. The molecular formula is C15H19ClN2O2. The van der Waals surface area contributed by atoms with Crippen molar-refractivity contribution < 1.29 is 9.59 Å². The summed E-state index contributed by atoms with van der Waals surface area (Å²) < 4.78 is 0. The molecular weight excluding hydrogens is 276 g/mol. The van der Waals surface area contributed by atoms with Gasteiger partial charge >= 0.3 is 0 Å². The molecule has 1 unspecified atom stereocenters. The quantitative estimate of drug-likeness (QED) is 0.928. The van der Waals surface area contributed by atoms with E-state index in [1.165, 1.54) is 0 Å². The standard InChI is InChI=1S/C15H19ClN2O2/c1-2-11-9-18(8-7-14(11)19)10-15(20)17-13-5-3-12(16)4-6-13/h3-6,11H,2,7-10H2,1H3,(H,17,20). The summed E-state index contributed by atoms with van der Waals surface area (Å²) in [6.07, 6.45) is 1.39. The van der Waals surface area contributed by atoms with Crippen molar-refractivity contribution in [2.75, 3.05) is 25.0 Å². The van der Waals surface area contributed by atoms with Crippen LogP contribution in [0.4, 0.5) is 5.69 Å². The van der Waals surface area contributed by atoms with Crippen molar-refractivity contribution in [1.29, 1.82) is 0 Å². The number of anilines is 1. The Morgan fingerprint density at radius 3 is 2.75 bits per heavy atom. The van der Waals surface area contributed by atoms with Gasteiger partial charge in [-0.3, -0.25) is 14.5 Å². The molecule has 1 aliphatic rings. The van der Waals surface area contributed by atoms with Gasteiger partial charge < -0.3 is 5.32 Å². The lowest BCUT2D eigenvalue weighted by atomic mass is 9.94. The number of likely N-dealkylation sites (tertiary alicyclic amines) is 1. The van der Waals surface area contributed by atoms with Gasteiger partial charge in [-0.25, -0.2) is 0 Å². The van der Waals surface area contributed by atoms with Crippen LogP contribution in [0.5, 0.6) is 0 Å². The van der Waals surface area contributed by atoms with Crippen molar-refractivity contribution in [1.82, 2.24) is 4.90 Å². The first kappa shape index (κ1) is 15.0. The lowest BCUT2D eigenvalue weighted by molar-refractivity contribution is -0.128. The van der Waals surface area contributed by atoms with Crippen molar-refractivity contribution in [3.8, 4) is 0 Å². The van der Waals surface area contributed by atoms with E-state index in [4.69, 9.17) is 11.6 Å². The Morgan fingerprint density at radius 2 is 2.10 bits per heavy atom. The van der Waals surface area contributed by atoms with E-state index in [9.17, 15) is 9.59 Å². The second-order valence-electron chi connectivity index (χ2n) is 5.11. The molecule has 0 aliphatic carbocycles. The van der Waals surface area contributed by atoms with Gasteiger partial charge in [0.1, 0.15) is 5.78 Å². The second-order valence-corrected chi connectivity index (χ2v) is 5.55. The third-order valence-corrected chi connectivity index (χ3v) is 3.85. The average molecular weight is 295 g/mol. The van der Waals surface area contributed by atoms with Gasteiger partial charge in [-0.2, -0.15) is 0 Å². The molecule has 1 atom stereocenters. The van der Waals surface area contributed by atoms with Crippen molar-refractivity contribution in [2.45, 2.75) is 19.8 Å². The van der Waals surface area contributed by atoms with Crippen LogP contribution in [0, 0.1) is 5.92 Å². The Hall–Kier alpha value is -1.39. The predicted molar refractivity (Wildman–Crippen MR) is 79.9 cm³/mol. The molecule has 1 aliphatic heterocycles. The van der Waals surface area contributed by atoms with E-state index >= 15 is 0 Å². The monoisotopic (exact) mass is 294 g/mol. The molecule has 1 saturated heterocycles. The molecule has 0 spiro atoms. The topological polar surface area (TPSA) is 49.4 Å². The number of rotatable bonds is 4. The highest BCUT2D eigenvalue weighted by Gasteiger charge is 2.26. The van der Waals surface area contributed by atoms with E-state index in [1.54, 1.807) is 24.3 Å². The van der Waals surface area contributed by atoms with Gasteiger partial charge in [0.15, 0.2) is 0 Å². The molecule has 1 amide bonds. The number of amides is 1. The van der Waals surface area contributed by atoms with Crippen molar-refractivity contribution in [3.63, 3.8) is 0 Å². The number of halogens is 1. The molecule has 0 bridgehead atoms. The van der Waals surface area contributed by atoms with Crippen molar-refractivity contribution in [3.05, 3.63) is 29.3 Å². The highest BCUT2D eigenvalue weighted by molar-refractivity contribution is 6.30. The zero-order valence-electron chi connectivity index (χ0n) is 11.6. The SMILES string of the molecule is CCC1CN(CC(=O)Nc2ccc(Cl)cc2)CCC1=O. The summed E-state index contributed by atoms with van der Waals surface area (Å²) in [5, 5.41) is 3.48. The minimum atomic E-state index is -0.0588. The van der Waals surface area contributed by atoms with Gasteiger partial charge in [0, 0.05) is 36.1 Å². The molecule has 2 rings (SSSR count). The zero-order valence-corrected chi connectivity index (χ0v) is 12.3. The van der Waals surface area contributed by atoms with E-state index in [2.05, 4.69) is 5.32 Å². The zero-order chi connectivity index (χ0) is 14.5. The number of carbonyl (C=O) groups excluding carboxylic acids is 2. The summed E-state index contributed by atoms with van der Waals surface area (Å²) in [4.78, 5) is 25.7. The number of carbonyl (C=O) groups is 2. The van der Waals surface area contributed by atoms with Gasteiger partial charge in [0.2, 0.25) is 5.91 Å². The third-order valence-electron chi connectivity index (χ3n) is 3.60. The first-order valence-electron chi connectivity index (χ1n) is 6.89. The molecule has 5 heteroatoms. The van der Waals surface area contributed by atoms with Gasteiger partial charge in [-0.1, -0.05) is 18.5 Å². The van der Waals surface area contributed by atoms with Crippen LogP contribution in [-0.2, 0) is 9.59 Å². The summed E-state index contributed by atoms with van der Waals surface area (Å²) in [6, 6.07) is 7.03. The van der Waals surface area contributed by atoms with E-state index in [-0.39, 0.29) is 11.8 Å². The van der Waals surface area contributed by atoms with Gasteiger partial charge in [0.05, 0.1) is 6.54 Å². The molecule has 0 radical (unpaired) electrons. The maximum absolute atomic E-state index is 12.0. The number of hydrogen-bond acceptors (Lipinski definition) is 3. The highest BCUT2D eigenvalue weighted by atomic mass is 35.5. The Bertz CT molecular complexity index is 487. The Kier molecular flexibility index (Phi) is 5.15. The van der Waals surface area contributed by atoms with Gasteiger partial charge in [0.25, 0.3) is 0 Å². The van der Waals surface area contributed by atoms with E-state index in [0.717, 1.165) is 12.1 Å². The number of ketones is 1. The van der Waals surface area contributed by atoms with E-state index < -0.39 is 0 Å². The van der Waals surface area contributed by atoms with E-state index in [1.807, 2.05) is 11.8 Å². The van der Waals surface area contributed by atoms with Crippen LogP contribution in [0.15, 0.2) is 24.3 Å². The number of benzene rings is 1. The fourth-order valence-corrected chi connectivity index (χ4v) is 2.54. The first-order chi connectivity index (χ1) is 9.58. The maximum Gasteiger partial charge on any atom is 0.238 e. The molecule has 1 heterocycles. The summed E-state index contributed by atoms with van der Waals surface area (Å²) in [7, 11) is 0. The number of Topliss-reactive ketones (excluding diaryl/α,β-unsaturated/α-hetero) is 1. The summed E-state index contributed by atoms with van der Waals surface area (Å²) in [5.74, 6) is 0.338. The number of piperidine rings is 1. The lowest BCUT2D eigenvalue weighted by Crippen LogP contribution is -2.44. The van der Waals surface area contributed by atoms with Gasteiger partial charge in [-0.15, -0.1) is 0 Å². The molecule has 1 fully saturated rings. The Morgan fingerprint density at radius 1 is 1.40 bits per heavy atom.